The SMILES string of the molecule is CC(C(=O)N1CCN(c2ncccn2)CC1)N1CCC(Nc2ccccc2)CC1. The Morgan fingerprint density at radius 2 is 1.62 bits per heavy atom. The molecular formula is C22H30N6O. The fourth-order valence-corrected chi connectivity index (χ4v) is 4.20. The first-order chi connectivity index (χ1) is 14.2. The Hall–Kier alpha value is -2.67. The first kappa shape index (κ1) is 19.6. The number of hydrogen-bond donors (Lipinski definition) is 1. The Labute approximate surface area is 172 Å². The smallest absolute Gasteiger partial charge is 0.239 e. The van der Waals surface area contributed by atoms with Crippen LogP contribution in [0.1, 0.15) is 19.8 Å². The van der Waals surface area contributed by atoms with Crippen LogP contribution in [0.3, 0.4) is 0 Å². The molecule has 2 aromatic rings. The second-order valence-electron chi connectivity index (χ2n) is 7.86. The van der Waals surface area contributed by atoms with Crippen molar-refractivity contribution in [3.05, 3.63) is 48.8 Å². The van der Waals surface area contributed by atoms with E-state index in [0.29, 0.717) is 6.04 Å². The van der Waals surface area contributed by atoms with Gasteiger partial charge in [0.25, 0.3) is 0 Å². The van der Waals surface area contributed by atoms with Gasteiger partial charge in [0, 0.05) is 63.4 Å². The summed E-state index contributed by atoms with van der Waals surface area (Å²) in [5.74, 6) is 0.994. The van der Waals surface area contributed by atoms with Gasteiger partial charge in [-0.1, -0.05) is 18.2 Å². The largest absolute Gasteiger partial charge is 0.382 e. The molecule has 1 aromatic heterocycles. The number of rotatable bonds is 5. The van der Waals surface area contributed by atoms with E-state index in [0.717, 1.165) is 58.1 Å². The molecule has 0 aliphatic carbocycles. The summed E-state index contributed by atoms with van der Waals surface area (Å²) in [6, 6.07) is 12.6. The highest BCUT2D eigenvalue weighted by molar-refractivity contribution is 5.81. The number of amides is 1. The van der Waals surface area contributed by atoms with Crippen molar-refractivity contribution in [3.8, 4) is 0 Å². The van der Waals surface area contributed by atoms with Gasteiger partial charge >= 0.3 is 0 Å². The van der Waals surface area contributed by atoms with Crippen LogP contribution in [0.4, 0.5) is 11.6 Å². The van der Waals surface area contributed by atoms with E-state index in [9.17, 15) is 4.79 Å². The van der Waals surface area contributed by atoms with Crippen molar-refractivity contribution in [2.45, 2.75) is 31.8 Å². The number of carbonyl (C=O) groups excluding carboxylic acids is 1. The van der Waals surface area contributed by atoms with E-state index in [1.165, 1.54) is 5.69 Å². The standard InChI is InChI=1S/C22H30N6O/c1-18(26-12-8-20(9-13-26)25-19-6-3-2-4-7-19)21(29)27-14-16-28(17-15-27)22-23-10-5-11-24-22/h2-7,10-11,18,20,25H,8-9,12-17H2,1H3. The van der Waals surface area contributed by atoms with Crippen LogP contribution < -0.4 is 10.2 Å². The van der Waals surface area contributed by atoms with Crippen molar-refractivity contribution in [3.63, 3.8) is 0 Å². The summed E-state index contributed by atoms with van der Waals surface area (Å²) < 4.78 is 0. The molecule has 1 amide bonds. The number of aromatic nitrogens is 2. The van der Waals surface area contributed by atoms with Gasteiger partial charge in [0.15, 0.2) is 0 Å². The number of piperazine rings is 1. The third-order valence-electron chi connectivity index (χ3n) is 6.01. The molecule has 2 saturated heterocycles. The van der Waals surface area contributed by atoms with Crippen molar-refractivity contribution in [2.24, 2.45) is 0 Å². The van der Waals surface area contributed by atoms with Crippen molar-refractivity contribution in [1.82, 2.24) is 19.8 Å². The molecule has 2 aliphatic heterocycles. The molecule has 154 valence electrons. The molecule has 4 rings (SSSR count). The summed E-state index contributed by atoms with van der Waals surface area (Å²) >= 11 is 0. The highest BCUT2D eigenvalue weighted by atomic mass is 16.2. The lowest BCUT2D eigenvalue weighted by molar-refractivity contribution is -0.137. The third-order valence-corrected chi connectivity index (χ3v) is 6.01. The Morgan fingerprint density at radius 1 is 0.966 bits per heavy atom. The van der Waals surface area contributed by atoms with Gasteiger partial charge in [-0.3, -0.25) is 9.69 Å². The molecule has 1 unspecified atom stereocenters. The average Bonchev–Trinajstić information content (AvgIpc) is 2.80. The van der Waals surface area contributed by atoms with Gasteiger partial charge in [-0.25, -0.2) is 9.97 Å². The molecule has 1 aromatic carbocycles. The Kier molecular flexibility index (Phi) is 6.24. The summed E-state index contributed by atoms with van der Waals surface area (Å²) in [5, 5.41) is 3.61. The first-order valence-electron chi connectivity index (χ1n) is 10.6. The number of anilines is 2. The highest BCUT2D eigenvalue weighted by Crippen LogP contribution is 2.19. The zero-order valence-electron chi connectivity index (χ0n) is 17.1. The van der Waals surface area contributed by atoms with Crippen molar-refractivity contribution < 1.29 is 4.79 Å². The summed E-state index contributed by atoms with van der Waals surface area (Å²) in [7, 11) is 0. The van der Waals surface area contributed by atoms with E-state index in [2.05, 4.69) is 56.3 Å². The fraction of sp³-hybridized carbons (Fsp3) is 0.500. The number of benzene rings is 1. The van der Waals surface area contributed by atoms with Crippen molar-refractivity contribution in [2.75, 3.05) is 49.5 Å². The molecule has 1 atom stereocenters. The summed E-state index contributed by atoms with van der Waals surface area (Å²) in [5.41, 5.74) is 1.18. The van der Waals surface area contributed by atoms with Gasteiger partial charge in [-0.2, -0.15) is 0 Å². The molecule has 3 heterocycles. The maximum absolute atomic E-state index is 13.0. The summed E-state index contributed by atoms with van der Waals surface area (Å²) in [6.07, 6.45) is 5.65. The van der Waals surface area contributed by atoms with E-state index >= 15 is 0 Å². The van der Waals surface area contributed by atoms with Gasteiger partial charge in [0.1, 0.15) is 0 Å². The van der Waals surface area contributed by atoms with Crippen LogP contribution in [-0.4, -0.2) is 77.0 Å². The molecule has 1 N–H and O–H groups in total. The van der Waals surface area contributed by atoms with Gasteiger partial charge in [-0.15, -0.1) is 0 Å². The maximum Gasteiger partial charge on any atom is 0.239 e. The molecule has 0 saturated carbocycles. The number of hydrogen-bond acceptors (Lipinski definition) is 6. The molecule has 2 fully saturated rings. The number of piperidine rings is 1. The Balaban J connectivity index is 1.24. The Morgan fingerprint density at radius 3 is 2.28 bits per heavy atom. The van der Waals surface area contributed by atoms with E-state index < -0.39 is 0 Å². The fourth-order valence-electron chi connectivity index (χ4n) is 4.20. The zero-order valence-corrected chi connectivity index (χ0v) is 17.1. The van der Waals surface area contributed by atoms with Gasteiger partial charge in [0.2, 0.25) is 11.9 Å². The summed E-state index contributed by atoms with van der Waals surface area (Å²) in [6.45, 7) is 6.99. The Bertz CT molecular complexity index is 770. The number of nitrogens with one attached hydrogen (secondary N) is 1. The molecule has 7 heteroatoms. The van der Waals surface area contributed by atoms with Gasteiger partial charge < -0.3 is 15.1 Å². The van der Waals surface area contributed by atoms with E-state index in [-0.39, 0.29) is 11.9 Å². The number of nitrogens with zero attached hydrogens (tertiary/aromatic N) is 5. The second-order valence-corrected chi connectivity index (χ2v) is 7.86. The van der Waals surface area contributed by atoms with Gasteiger partial charge in [0.05, 0.1) is 6.04 Å². The predicted octanol–water partition coefficient (Wildman–Crippen LogP) is 2.09. The molecule has 0 radical (unpaired) electrons. The summed E-state index contributed by atoms with van der Waals surface area (Å²) in [4.78, 5) is 28.1. The van der Waals surface area contributed by atoms with E-state index in [1.807, 2.05) is 17.0 Å². The van der Waals surface area contributed by atoms with Crippen molar-refractivity contribution >= 4 is 17.5 Å². The minimum Gasteiger partial charge on any atom is -0.382 e. The minimum atomic E-state index is -0.0628. The molecule has 0 spiro atoms. The second kappa shape index (κ2) is 9.22. The zero-order chi connectivity index (χ0) is 20.1. The van der Waals surface area contributed by atoms with Gasteiger partial charge in [-0.05, 0) is 38.0 Å². The average molecular weight is 395 g/mol. The van der Waals surface area contributed by atoms with Crippen LogP contribution in [0, 0.1) is 0 Å². The lowest BCUT2D eigenvalue weighted by atomic mass is 10.0. The lowest BCUT2D eigenvalue weighted by Gasteiger charge is -2.40. The van der Waals surface area contributed by atoms with Crippen LogP contribution in [0.25, 0.3) is 0 Å². The topological polar surface area (TPSA) is 64.6 Å². The molecule has 29 heavy (non-hydrogen) atoms. The monoisotopic (exact) mass is 394 g/mol. The minimum absolute atomic E-state index is 0.0628. The van der Waals surface area contributed by atoms with E-state index in [4.69, 9.17) is 0 Å². The third kappa shape index (κ3) is 4.85. The van der Waals surface area contributed by atoms with Crippen LogP contribution in [0.2, 0.25) is 0 Å². The number of carbonyl (C=O) groups is 1. The van der Waals surface area contributed by atoms with E-state index in [1.54, 1.807) is 12.4 Å². The maximum atomic E-state index is 13.0. The molecule has 0 bridgehead atoms. The predicted molar refractivity (Wildman–Crippen MR) is 115 cm³/mol. The molecule has 2 aliphatic rings. The van der Waals surface area contributed by atoms with Crippen LogP contribution in [0.15, 0.2) is 48.8 Å². The van der Waals surface area contributed by atoms with Crippen LogP contribution in [0.5, 0.6) is 0 Å². The first-order valence-corrected chi connectivity index (χ1v) is 10.6. The van der Waals surface area contributed by atoms with Crippen molar-refractivity contribution in [1.29, 1.82) is 0 Å². The van der Waals surface area contributed by atoms with Crippen LogP contribution in [-0.2, 0) is 4.79 Å². The normalized spacial score (nSPS) is 19.8. The lowest BCUT2D eigenvalue weighted by Crippen LogP contribution is -2.56. The van der Waals surface area contributed by atoms with Crippen LogP contribution >= 0.6 is 0 Å². The molecule has 7 nitrogen and oxygen atoms in total. The molecular weight excluding hydrogens is 364 g/mol. The number of likely N-dealkylation sites (tertiary alicyclic amines) is 1. The number of para-hydroxylation sites is 1. The highest BCUT2D eigenvalue weighted by Gasteiger charge is 2.31. The quantitative estimate of drug-likeness (QED) is 0.838.